The molecule has 18 heavy (non-hydrogen) atoms. The molecule has 100 valence electrons. The van der Waals surface area contributed by atoms with Crippen LogP contribution in [0.1, 0.15) is 26.6 Å². The maximum atomic E-state index is 4.52. The summed E-state index contributed by atoms with van der Waals surface area (Å²) in [6.45, 7) is 12.5. The highest BCUT2D eigenvalue weighted by Gasteiger charge is 2.49. The molecule has 4 nitrogen and oxygen atoms in total. The average molecular weight is 248 g/mol. The molecule has 2 aliphatic rings. The molecule has 2 unspecified atom stereocenters. The van der Waals surface area contributed by atoms with Crippen molar-refractivity contribution in [2.75, 3.05) is 19.6 Å². The van der Waals surface area contributed by atoms with Crippen molar-refractivity contribution in [1.82, 2.24) is 19.8 Å². The van der Waals surface area contributed by atoms with Crippen molar-refractivity contribution >= 4 is 0 Å². The van der Waals surface area contributed by atoms with E-state index in [-0.39, 0.29) is 0 Å². The van der Waals surface area contributed by atoms with E-state index in [0.717, 1.165) is 24.9 Å². The number of hydrogen-bond acceptors (Lipinski definition) is 3. The lowest BCUT2D eigenvalue weighted by Crippen LogP contribution is -2.44. The van der Waals surface area contributed by atoms with Crippen molar-refractivity contribution in [1.29, 1.82) is 0 Å². The first-order valence-electron chi connectivity index (χ1n) is 7.08. The smallest absolute Gasteiger partial charge is 0.122 e. The summed E-state index contributed by atoms with van der Waals surface area (Å²) in [6.07, 6.45) is 4.01. The van der Waals surface area contributed by atoms with E-state index in [4.69, 9.17) is 0 Å². The van der Waals surface area contributed by atoms with E-state index < -0.39 is 0 Å². The van der Waals surface area contributed by atoms with Gasteiger partial charge in [0.05, 0.1) is 6.54 Å². The third kappa shape index (κ3) is 1.79. The number of fused-ring (bicyclic) bond motifs is 1. The summed E-state index contributed by atoms with van der Waals surface area (Å²) in [7, 11) is 0. The second-order valence-corrected chi connectivity index (χ2v) is 6.19. The molecule has 0 aliphatic carbocycles. The largest absolute Gasteiger partial charge is 0.334 e. The highest BCUT2D eigenvalue weighted by Crippen LogP contribution is 2.41. The first kappa shape index (κ1) is 12.2. The topological polar surface area (TPSA) is 33.1 Å². The van der Waals surface area contributed by atoms with Crippen molar-refractivity contribution in [3.63, 3.8) is 0 Å². The van der Waals surface area contributed by atoms with Crippen LogP contribution in [0, 0.1) is 11.8 Å². The Morgan fingerprint density at radius 2 is 2.28 bits per heavy atom. The summed E-state index contributed by atoms with van der Waals surface area (Å²) < 4.78 is 2.25. The quantitative estimate of drug-likeness (QED) is 0.876. The van der Waals surface area contributed by atoms with Crippen LogP contribution >= 0.6 is 0 Å². The predicted molar refractivity (Wildman–Crippen MR) is 72.2 cm³/mol. The van der Waals surface area contributed by atoms with Crippen LogP contribution in [0.4, 0.5) is 0 Å². The number of nitrogens with one attached hydrogen (secondary N) is 1. The number of imidazole rings is 1. The molecule has 0 bridgehead atoms. The highest BCUT2D eigenvalue weighted by atomic mass is 15.3. The lowest BCUT2D eigenvalue weighted by atomic mass is 9.85. The van der Waals surface area contributed by atoms with Gasteiger partial charge in [-0.2, -0.15) is 0 Å². The van der Waals surface area contributed by atoms with E-state index in [1.165, 1.54) is 25.5 Å². The van der Waals surface area contributed by atoms with Crippen molar-refractivity contribution in [2.24, 2.45) is 11.8 Å². The zero-order valence-electron chi connectivity index (χ0n) is 11.7. The van der Waals surface area contributed by atoms with Gasteiger partial charge in [-0.15, -0.1) is 0 Å². The van der Waals surface area contributed by atoms with Gasteiger partial charge in [-0.1, -0.05) is 0 Å². The Hall–Kier alpha value is -0.870. The van der Waals surface area contributed by atoms with Gasteiger partial charge in [0, 0.05) is 37.6 Å². The van der Waals surface area contributed by atoms with Gasteiger partial charge < -0.3 is 9.88 Å². The van der Waals surface area contributed by atoms with E-state index in [1.807, 2.05) is 6.20 Å². The molecule has 2 aliphatic heterocycles. The summed E-state index contributed by atoms with van der Waals surface area (Å²) in [5, 5.41) is 3.53. The van der Waals surface area contributed by atoms with Crippen molar-refractivity contribution in [2.45, 2.75) is 39.4 Å². The van der Waals surface area contributed by atoms with Crippen LogP contribution in [-0.2, 0) is 13.1 Å². The Morgan fingerprint density at radius 1 is 1.44 bits per heavy atom. The molecule has 1 aromatic rings. The summed E-state index contributed by atoms with van der Waals surface area (Å²) in [5.41, 5.74) is 0.290. The van der Waals surface area contributed by atoms with Gasteiger partial charge in [-0.25, -0.2) is 4.98 Å². The Labute approximate surface area is 109 Å². The maximum Gasteiger partial charge on any atom is 0.122 e. The summed E-state index contributed by atoms with van der Waals surface area (Å²) >= 11 is 0. The number of rotatable bonds is 3. The molecular weight excluding hydrogens is 224 g/mol. The molecule has 2 saturated heterocycles. The van der Waals surface area contributed by atoms with Gasteiger partial charge in [0.25, 0.3) is 0 Å². The van der Waals surface area contributed by atoms with E-state index in [2.05, 4.69) is 46.7 Å². The zero-order valence-corrected chi connectivity index (χ0v) is 11.7. The third-order valence-corrected chi connectivity index (χ3v) is 4.99. The van der Waals surface area contributed by atoms with Gasteiger partial charge in [-0.05, 0) is 39.2 Å². The van der Waals surface area contributed by atoms with Crippen LogP contribution in [0.2, 0.25) is 0 Å². The molecule has 4 heteroatoms. The number of nitrogens with zero attached hydrogens (tertiary/aromatic N) is 3. The van der Waals surface area contributed by atoms with E-state index in [0.29, 0.717) is 5.54 Å². The zero-order chi connectivity index (χ0) is 12.8. The van der Waals surface area contributed by atoms with Crippen LogP contribution in [0.15, 0.2) is 12.4 Å². The molecule has 1 N–H and O–H groups in total. The molecule has 2 atom stereocenters. The van der Waals surface area contributed by atoms with Crippen LogP contribution < -0.4 is 5.32 Å². The molecule has 0 saturated carbocycles. The number of hydrogen-bond donors (Lipinski definition) is 1. The van der Waals surface area contributed by atoms with Gasteiger partial charge in [0.15, 0.2) is 0 Å². The fraction of sp³-hybridized carbons (Fsp3) is 0.786. The Kier molecular flexibility index (Phi) is 2.94. The van der Waals surface area contributed by atoms with Crippen LogP contribution in [-0.4, -0.2) is 39.6 Å². The van der Waals surface area contributed by atoms with Crippen LogP contribution in [0.25, 0.3) is 0 Å². The Morgan fingerprint density at radius 3 is 3.00 bits per heavy atom. The molecule has 3 rings (SSSR count). The minimum atomic E-state index is 0.290. The number of aryl methyl sites for hydroxylation is 1. The average Bonchev–Trinajstić information content (AvgIpc) is 2.99. The van der Waals surface area contributed by atoms with E-state index in [9.17, 15) is 0 Å². The minimum absolute atomic E-state index is 0.290. The molecule has 2 fully saturated rings. The molecule has 0 amide bonds. The van der Waals surface area contributed by atoms with Crippen LogP contribution in [0.5, 0.6) is 0 Å². The van der Waals surface area contributed by atoms with Crippen molar-refractivity contribution < 1.29 is 0 Å². The van der Waals surface area contributed by atoms with Crippen LogP contribution in [0.3, 0.4) is 0 Å². The normalized spacial score (nSPS) is 30.8. The Bertz CT molecular complexity index is 423. The molecule has 0 spiro atoms. The van der Waals surface area contributed by atoms with Gasteiger partial charge in [0.2, 0.25) is 0 Å². The molecule has 3 heterocycles. The molecule has 1 aromatic heterocycles. The lowest BCUT2D eigenvalue weighted by Gasteiger charge is -2.35. The third-order valence-electron chi connectivity index (χ3n) is 4.99. The molecular formula is C14H24N4. The Balaban J connectivity index is 1.78. The fourth-order valence-electron chi connectivity index (χ4n) is 3.72. The summed E-state index contributed by atoms with van der Waals surface area (Å²) in [4.78, 5) is 7.14. The number of likely N-dealkylation sites (tertiary alicyclic amines) is 1. The summed E-state index contributed by atoms with van der Waals surface area (Å²) in [6, 6.07) is 0. The van der Waals surface area contributed by atoms with Gasteiger partial charge >= 0.3 is 0 Å². The fourth-order valence-corrected chi connectivity index (χ4v) is 3.72. The van der Waals surface area contributed by atoms with Gasteiger partial charge in [0.1, 0.15) is 5.82 Å². The standard InChI is InChI=1S/C14H24N4/c1-4-17-6-5-16-13(17)10-18-9-11-7-15-8-12(11)14(18,2)3/h5-6,11-12,15H,4,7-10H2,1-3H3. The SMILES string of the molecule is CCn1ccnc1CN1CC2CNCC2C1(C)C. The molecule has 0 aromatic carbocycles. The first-order valence-corrected chi connectivity index (χ1v) is 7.08. The second kappa shape index (κ2) is 4.35. The lowest BCUT2D eigenvalue weighted by molar-refractivity contribution is 0.127. The first-order chi connectivity index (χ1) is 8.63. The van der Waals surface area contributed by atoms with Crippen molar-refractivity contribution in [3.8, 4) is 0 Å². The van der Waals surface area contributed by atoms with E-state index in [1.54, 1.807) is 0 Å². The highest BCUT2D eigenvalue weighted by molar-refractivity contribution is 5.06. The van der Waals surface area contributed by atoms with Crippen molar-refractivity contribution in [3.05, 3.63) is 18.2 Å². The predicted octanol–water partition coefficient (Wildman–Crippen LogP) is 1.33. The molecule has 0 radical (unpaired) electrons. The van der Waals surface area contributed by atoms with Gasteiger partial charge in [-0.3, -0.25) is 4.90 Å². The van der Waals surface area contributed by atoms with E-state index >= 15 is 0 Å². The number of aromatic nitrogens is 2. The second-order valence-electron chi connectivity index (χ2n) is 6.19. The summed E-state index contributed by atoms with van der Waals surface area (Å²) in [5.74, 6) is 2.83. The minimum Gasteiger partial charge on any atom is -0.334 e. The maximum absolute atomic E-state index is 4.52. The monoisotopic (exact) mass is 248 g/mol.